The fourth-order valence-electron chi connectivity index (χ4n) is 2.69. The van der Waals surface area contributed by atoms with Crippen LogP contribution in [0.3, 0.4) is 0 Å². The molecule has 1 amide bonds. The van der Waals surface area contributed by atoms with Crippen LogP contribution in [0.4, 0.5) is 0 Å². The van der Waals surface area contributed by atoms with Crippen LogP contribution in [0.25, 0.3) is 0 Å². The van der Waals surface area contributed by atoms with Crippen LogP contribution in [0, 0.1) is 11.3 Å². The summed E-state index contributed by atoms with van der Waals surface area (Å²) in [6.07, 6.45) is 1.02. The molecule has 1 saturated carbocycles. The highest BCUT2D eigenvalue weighted by Gasteiger charge is 2.50. The molecule has 0 radical (unpaired) electrons. The number of amides is 1. The van der Waals surface area contributed by atoms with Crippen molar-refractivity contribution in [1.29, 1.82) is 0 Å². The number of carbonyl (C=O) groups is 1. The lowest BCUT2D eigenvalue weighted by Crippen LogP contribution is -2.26. The summed E-state index contributed by atoms with van der Waals surface area (Å²) in [5, 5.41) is 6.38. The first kappa shape index (κ1) is 14.4. The van der Waals surface area contributed by atoms with E-state index in [4.69, 9.17) is 0 Å². The maximum atomic E-state index is 11.9. The highest BCUT2D eigenvalue weighted by molar-refractivity contribution is 5.85. The first-order valence-electron chi connectivity index (χ1n) is 6.65. The van der Waals surface area contributed by atoms with Crippen LogP contribution in [0.1, 0.15) is 37.0 Å². The highest BCUT2D eigenvalue weighted by atomic mass is 35.5. The Hall–Kier alpha value is -1.06. The Kier molecular flexibility index (Phi) is 3.88. The summed E-state index contributed by atoms with van der Waals surface area (Å²) in [5.41, 5.74) is 4.16. The molecule has 2 N–H and O–H groups in total. The van der Waals surface area contributed by atoms with Crippen LogP contribution >= 0.6 is 12.4 Å². The standard InChI is InChI=1S/C15H20N2O.ClH/c1-15(2)6-13(15)14(18)17-7-10-3-4-11-8-16-9-12(11)5-10;/h3-5,13,16H,6-9H2,1-2H3,(H,17,18);1H. The van der Waals surface area contributed by atoms with Crippen molar-refractivity contribution in [3.05, 3.63) is 34.9 Å². The summed E-state index contributed by atoms with van der Waals surface area (Å²) in [5.74, 6) is 0.423. The van der Waals surface area contributed by atoms with Crippen LogP contribution < -0.4 is 10.6 Å². The number of benzene rings is 1. The fourth-order valence-corrected chi connectivity index (χ4v) is 2.69. The van der Waals surface area contributed by atoms with Crippen molar-refractivity contribution in [2.45, 2.75) is 39.9 Å². The van der Waals surface area contributed by atoms with E-state index in [1.165, 1.54) is 16.7 Å². The molecule has 1 aliphatic heterocycles. The number of nitrogens with one attached hydrogen (secondary N) is 2. The van der Waals surface area contributed by atoms with Gasteiger partial charge in [0.05, 0.1) is 0 Å². The number of rotatable bonds is 3. The van der Waals surface area contributed by atoms with Crippen LogP contribution in [0.5, 0.6) is 0 Å². The molecule has 0 bridgehead atoms. The van der Waals surface area contributed by atoms with E-state index >= 15 is 0 Å². The van der Waals surface area contributed by atoms with Gasteiger partial charge >= 0.3 is 0 Å². The van der Waals surface area contributed by atoms with Crippen molar-refractivity contribution in [3.8, 4) is 0 Å². The molecular weight excluding hydrogens is 260 g/mol. The maximum Gasteiger partial charge on any atom is 0.223 e. The quantitative estimate of drug-likeness (QED) is 0.893. The van der Waals surface area contributed by atoms with Gasteiger partial charge in [-0.15, -0.1) is 12.4 Å². The lowest BCUT2D eigenvalue weighted by atomic mass is 10.1. The molecule has 2 aliphatic rings. The Balaban J connectivity index is 0.00000133. The van der Waals surface area contributed by atoms with Gasteiger partial charge in [-0.1, -0.05) is 32.0 Å². The van der Waals surface area contributed by atoms with Crippen molar-refractivity contribution in [1.82, 2.24) is 10.6 Å². The molecule has 1 atom stereocenters. The second-order valence-corrected chi connectivity index (χ2v) is 6.17. The molecule has 0 saturated heterocycles. The molecule has 1 aromatic carbocycles. The summed E-state index contributed by atoms with van der Waals surface area (Å²) < 4.78 is 0. The van der Waals surface area contributed by atoms with Gasteiger partial charge in [-0.2, -0.15) is 0 Å². The molecular formula is C15H21ClN2O. The van der Waals surface area contributed by atoms with Crippen LogP contribution in [-0.4, -0.2) is 5.91 Å². The fraction of sp³-hybridized carbons (Fsp3) is 0.533. The summed E-state index contributed by atoms with van der Waals surface area (Å²) in [6.45, 7) is 6.88. The van der Waals surface area contributed by atoms with E-state index in [1.54, 1.807) is 0 Å². The largest absolute Gasteiger partial charge is 0.352 e. The molecule has 1 unspecified atom stereocenters. The third-order valence-corrected chi connectivity index (χ3v) is 4.20. The minimum atomic E-state index is 0. The normalized spacial score (nSPS) is 22.3. The molecule has 1 aliphatic carbocycles. The number of hydrogen-bond acceptors (Lipinski definition) is 2. The van der Waals surface area contributed by atoms with Gasteiger partial charge in [0.2, 0.25) is 5.91 Å². The SMILES string of the molecule is CC1(C)CC1C(=O)NCc1ccc2c(c1)CNC2.Cl. The van der Waals surface area contributed by atoms with E-state index in [1.807, 2.05) is 0 Å². The van der Waals surface area contributed by atoms with Crippen molar-refractivity contribution >= 4 is 18.3 Å². The molecule has 4 heteroatoms. The summed E-state index contributed by atoms with van der Waals surface area (Å²) in [6, 6.07) is 6.48. The number of halogens is 1. The monoisotopic (exact) mass is 280 g/mol. The van der Waals surface area contributed by atoms with Gasteiger partial charge in [0.25, 0.3) is 0 Å². The molecule has 3 rings (SSSR count). The first-order chi connectivity index (χ1) is 8.56. The van der Waals surface area contributed by atoms with E-state index in [-0.39, 0.29) is 29.6 Å². The zero-order chi connectivity index (χ0) is 12.8. The van der Waals surface area contributed by atoms with E-state index in [9.17, 15) is 4.79 Å². The Morgan fingerprint density at radius 1 is 1.37 bits per heavy atom. The zero-order valence-electron chi connectivity index (χ0n) is 11.5. The van der Waals surface area contributed by atoms with E-state index in [0.717, 1.165) is 19.5 Å². The summed E-state index contributed by atoms with van der Waals surface area (Å²) >= 11 is 0. The number of carbonyl (C=O) groups excluding carboxylic acids is 1. The van der Waals surface area contributed by atoms with Crippen molar-refractivity contribution in [3.63, 3.8) is 0 Å². The highest BCUT2D eigenvalue weighted by Crippen LogP contribution is 2.51. The predicted molar refractivity (Wildman–Crippen MR) is 78.0 cm³/mol. The lowest BCUT2D eigenvalue weighted by molar-refractivity contribution is -0.123. The Labute approximate surface area is 120 Å². The molecule has 0 aromatic heterocycles. The molecule has 1 heterocycles. The first-order valence-corrected chi connectivity index (χ1v) is 6.65. The van der Waals surface area contributed by atoms with Gasteiger partial charge < -0.3 is 10.6 Å². The van der Waals surface area contributed by atoms with Crippen molar-refractivity contribution in [2.75, 3.05) is 0 Å². The Morgan fingerprint density at radius 2 is 2.05 bits per heavy atom. The van der Waals surface area contributed by atoms with Crippen LogP contribution in [0.15, 0.2) is 18.2 Å². The van der Waals surface area contributed by atoms with Crippen molar-refractivity contribution < 1.29 is 4.79 Å². The Bertz CT molecular complexity index is 499. The summed E-state index contributed by atoms with van der Waals surface area (Å²) in [7, 11) is 0. The average Bonchev–Trinajstić information content (AvgIpc) is 2.77. The summed E-state index contributed by atoms with van der Waals surface area (Å²) in [4.78, 5) is 11.9. The smallest absolute Gasteiger partial charge is 0.223 e. The van der Waals surface area contributed by atoms with Gasteiger partial charge in [0, 0.05) is 25.6 Å². The van der Waals surface area contributed by atoms with Crippen LogP contribution in [-0.2, 0) is 24.4 Å². The second-order valence-electron chi connectivity index (χ2n) is 6.17. The van der Waals surface area contributed by atoms with Gasteiger partial charge in [-0.3, -0.25) is 4.79 Å². The van der Waals surface area contributed by atoms with Gasteiger partial charge in [-0.05, 0) is 28.5 Å². The Morgan fingerprint density at radius 3 is 2.74 bits per heavy atom. The minimum Gasteiger partial charge on any atom is -0.352 e. The van der Waals surface area contributed by atoms with E-state index < -0.39 is 0 Å². The number of hydrogen-bond donors (Lipinski definition) is 2. The molecule has 19 heavy (non-hydrogen) atoms. The third kappa shape index (κ3) is 2.93. The van der Waals surface area contributed by atoms with Gasteiger partial charge in [0.1, 0.15) is 0 Å². The number of fused-ring (bicyclic) bond motifs is 1. The molecule has 104 valence electrons. The van der Waals surface area contributed by atoms with Crippen molar-refractivity contribution in [2.24, 2.45) is 11.3 Å². The van der Waals surface area contributed by atoms with Gasteiger partial charge in [0.15, 0.2) is 0 Å². The zero-order valence-corrected chi connectivity index (χ0v) is 12.3. The molecule has 0 spiro atoms. The molecule has 3 nitrogen and oxygen atoms in total. The molecule has 1 fully saturated rings. The third-order valence-electron chi connectivity index (χ3n) is 4.20. The topological polar surface area (TPSA) is 41.1 Å². The van der Waals surface area contributed by atoms with E-state index in [0.29, 0.717) is 6.54 Å². The van der Waals surface area contributed by atoms with Gasteiger partial charge in [-0.25, -0.2) is 0 Å². The average molecular weight is 281 g/mol. The lowest BCUT2D eigenvalue weighted by Gasteiger charge is -2.08. The molecule has 1 aromatic rings. The second kappa shape index (κ2) is 5.14. The predicted octanol–water partition coefficient (Wildman–Crippen LogP) is 2.37. The maximum absolute atomic E-state index is 11.9. The van der Waals surface area contributed by atoms with Crippen LogP contribution in [0.2, 0.25) is 0 Å². The minimum absolute atomic E-state index is 0. The van der Waals surface area contributed by atoms with E-state index in [2.05, 4.69) is 42.7 Å².